The molecular formula is C15H18N2OS2. The Balaban J connectivity index is 1.55. The van der Waals surface area contributed by atoms with Crippen LogP contribution in [0, 0.1) is 0 Å². The maximum atomic E-state index is 12.3. The molecule has 1 unspecified atom stereocenters. The third-order valence-corrected chi connectivity index (χ3v) is 5.61. The van der Waals surface area contributed by atoms with Crippen molar-refractivity contribution in [3.8, 4) is 0 Å². The molecule has 1 fully saturated rings. The van der Waals surface area contributed by atoms with Crippen molar-refractivity contribution in [3.63, 3.8) is 0 Å². The van der Waals surface area contributed by atoms with Crippen LogP contribution < -0.4 is 0 Å². The van der Waals surface area contributed by atoms with Crippen molar-refractivity contribution in [1.82, 2.24) is 9.88 Å². The molecule has 0 aliphatic carbocycles. The Labute approximate surface area is 127 Å². The highest BCUT2D eigenvalue weighted by Gasteiger charge is 2.25. The summed E-state index contributed by atoms with van der Waals surface area (Å²) in [6, 6.07) is 4.15. The van der Waals surface area contributed by atoms with Crippen molar-refractivity contribution in [3.05, 3.63) is 39.0 Å². The van der Waals surface area contributed by atoms with Gasteiger partial charge in [-0.3, -0.25) is 4.79 Å². The molecule has 20 heavy (non-hydrogen) atoms. The lowest BCUT2D eigenvalue weighted by atomic mass is 9.98. The van der Waals surface area contributed by atoms with Gasteiger partial charge in [-0.25, -0.2) is 4.98 Å². The summed E-state index contributed by atoms with van der Waals surface area (Å²) in [5.74, 6) is 0.731. The highest BCUT2D eigenvalue weighted by Crippen LogP contribution is 2.28. The zero-order chi connectivity index (χ0) is 13.8. The van der Waals surface area contributed by atoms with Crippen LogP contribution in [0.5, 0.6) is 0 Å². The molecule has 1 amide bonds. The van der Waals surface area contributed by atoms with Crippen LogP contribution in [0.4, 0.5) is 0 Å². The fraction of sp³-hybridized carbons (Fsp3) is 0.467. The number of hydrogen-bond acceptors (Lipinski definition) is 4. The number of aryl methyl sites for hydroxylation is 1. The fourth-order valence-corrected chi connectivity index (χ4v) is 4.16. The van der Waals surface area contributed by atoms with Crippen LogP contribution in [-0.2, 0) is 11.2 Å². The molecule has 3 rings (SSSR count). The normalized spacial score (nSPS) is 19.2. The molecular weight excluding hydrogens is 288 g/mol. The Morgan fingerprint density at radius 3 is 3.10 bits per heavy atom. The summed E-state index contributed by atoms with van der Waals surface area (Å²) in [5.41, 5.74) is 0. The van der Waals surface area contributed by atoms with Gasteiger partial charge in [0, 0.05) is 41.9 Å². The Hall–Kier alpha value is -1.20. The zero-order valence-electron chi connectivity index (χ0n) is 11.3. The van der Waals surface area contributed by atoms with Gasteiger partial charge in [-0.2, -0.15) is 0 Å². The second kappa shape index (κ2) is 6.50. The smallest absolute Gasteiger partial charge is 0.222 e. The molecule has 1 aliphatic heterocycles. The Kier molecular flexibility index (Phi) is 4.47. The Morgan fingerprint density at radius 1 is 1.40 bits per heavy atom. The molecule has 0 radical (unpaired) electrons. The van der Waals surface area contributed by atoms with Crippen LogP contribution in [0.1, 0.15) is 35.1 Å². The van der Waals surface area contributed by atoms with Crippen LogP contribution in [0.3, 0.4) is 0 Å². The van der Waals surface area contributed by atoms with Gasteiger partial charge >= 0.3 is 0 Å². The van der Waals surface area contributed by atoms with E-state index in [2.05, 4.69) is 16.4 Å². The third kappa shape index (κ3) is 3.27. The average Bonchev–Trinajstić information content (AvgIpc) is 3.18. The quantitative estimate of drug-likeness (QED) is 0.865. The molecule has 3 heterocycles. The maximum absolute atomic E-state index is 12.3. The lowest BCUT2D eigenvalue weighted by Gasteiger charge is -2.32. The van der Waals surface area contributed by atoms with Crippen molar-refractivity contribution >= 4 is 28.6 Å². The number of hydrogen-bond donors (Lipinski definition) is 0. The number of carbonyl (C=O) groups is 1. The summed E-state index contributed by atoms with van der Waals surface area (Å²) >= 11 is 3.44. The number of likely N-dealkylation sites (tertiary alicyclic amines) is 1. The van der Waals surface area contributed by atoms with Gasteiger partial charge in [0.15, 0.2) is 0 Å². The lowest BCUT2D eigenvalue weighted by Crippen LogP contribution is -2.39. The fourth-order valence-electron chi connectivity index (χ4n) is 2.68. The molecule has 0 saturated carbocycles. The topological polar surface area (TPSA) is 33.2 Å². The first-order valence-electron chi connectivity index (χ1n) is 7.02. The molecule has 1 aliphatic rings. The van der Waals surface area contributed by atoms with E-state index in [9.17, 15) is 4.79 Å². The lowest BCUT2D eigenvalue weighted by molar-refractivity contribution is -0.132. The number of carbonyl (C=O) groups excluding carboxylic acids is 1. The number of amides is 1. The highest BCUT2D eigenvalue weighted by atomic mass is 32.1. The van der Waals surface area contributed by atoms with Crippen molar-refractivity contribution in [2.24, 2.45) is 0 Å². The largest absolute Gasteiger partial charge is 0.342 e. The molecule has 3 nitrogen and oxygen atoms in total. The van der Waals surface area contributed by atoms with Gasteiger partial charge in [0.1, 0.15) is 0 Å². The van der Waals surface area contributed by atoms with E-state index in [0.717, 1.165) is 32.4 Å². The second-order valence-corrected chi connectivity index (χ2v) is 7.09. The van der Waals surface area contributed by atoms with Gasteiger partial charge in [0.25, 0.3) is 0 Å². The summed E-state index contributed by atoms with van der Waals surface area (Å²) in [6.07, 6.45) is 5.61. The predicted octanol–water partition coefficient (Wildman–Crippen LogP) is 3.54. The number of thiazole rings is 1. The van der Waals surface area contributed by atoms with Gasteiger partial charge in [-0.15, -0.1) is 22.7 Å². The van der Waals surface area contributed by atoms with Crippen LogP contribution >= 0.6 is 22.7 Å². The molecule has 0 spiro atoms. The van der Waals surface area contributed by atoms with Gasteiger partial charge in [0.2, 0.25) is 5.91 Å². The third-order valence-electron chi connectivity index (χ3n) is 3.74. The van der Waals surface area contributed by atoms with Gasteiger partial charge in [-0.1, -0.05) is 6.07 Å². The molecule has 2 aromatic rings. The van der Waals surface area contributed by atoms with Crippen LogP contribution in [0.15, 0.2) is 29.1 Å². The Bertz CT molecular complexity index is 536. The molecule has 1 saturated heterocycles. The van der Waals surface area contributed by atoms with E-state index in [4.69, 9.17) is 0 Å². The SMILES string of the molecule is O=C(CCc1cccs1)N1CCCC(c2nccs2)C1. The molecule has 2 aromatic heterocycles. The summed E-state index contributed by atoms with van der Waals surface area (Å²) < 4.78 is 0. The van der Waals surface area contributed by atoms with Gasteiger partial charge < -0.3 is 4.90 Å². The van der Waals surface area contributed by atoms with Crippen LogP contribution in [-0.4, -0.2) is 28.9 Å². The van der Waals surface area contributed by atoms with E-state index in [1.807, 2.05) is 22.5 Å². The van der Waals surface area contributed by atoms with E-state index < -0.39 is 0 Å². The molecule has 106 valence electrons. The number of aromatic nitrogens is 1. The Morgan fingerprint density at radius 2 is 2.35 bits per heavy atom. The standard InChI is InChI=1S/C15H18N2OS2/c18-14(6-5-13-4-2-9-19-13)17-8-1-3-12(11-17)15-16-7-10-20-15/h2,4,7,9-10,12H,1,3,5-6,8,11H2. The zero-order valence-corrected chi connectivity index (χ0v) is 13.0. The van der Waals surface area contributed by atoms with E-state index in [1.165, 1.54) is 9.88 Å². The monoisotopic (exact) mass is 306 g/mol. The summed E-state index contributed by atoms with van der Waals surface area (Å²) in [4.78, 5) is 20.1. The molecule has 0 N–H and O–H groups in total. The molecule has 5 heteroatoms. The van der Waals surface area contributed by atoms with Crippen LogP contribution in [0.25, 0.3) is 0 Å². The second-order valence-electron chi connectivity index (χ2n) is 5.13. The van der Waals surface area contributed by atoms with Gasteiger partial charge in [0.05, 0.1) is 5.01 Å². The molecule has 0 aromatic carbocycles. The molecule has 0 bridgehead atoms. The minimum absolute atomic E-state index is 0.291. The minimum atomic E-state index is 0.291. The van der Waals surface area contributed by atoms with Crippen molar-refractivity contribution in [2.45, 2.75) is 31.6 Å². The summed E-state index contributed by atoms with van der Waals surface area (Å²) in [7, 11) is 0. The minimum Gasteiger partial charge on any atom is -0.342 e. The van der Waals surface area contributed by atoms with E-state index >= 15 is 0 Å². The number of thiophene rings is 1. The number of nitrogens with zero attached hydrogens (tertiary/aromatic N) is 2. The summed E-state index contributed by atoms with van der Waals surface area (Å²) in [6.45, 7) is 1.75. The first-order valence-corrected chi connectivity index (χ1v) is 8.78. The summed E-state index contributed by atoms with van der Waals surface area (Å²) in [5, 5.41) is 5.27. The van der Waals surface area contributed by atoms with E-state index in [-0.39, 0.29) is 0 Å². The number of piperidine rings is 1. The first kappa shape index (κ1) is 13.8. The maximum Gasteiger partial charge on any atom is 0.222 e. The van der Waals surface area contributed by atoms with E-state index in [0.29, 0.717) is 18.2 Å². The predicted molar refractivity (Wildman–Crippen MR) is 83.3 cm³/mol. The van der Waals surface area contributed by atoms with E-state index in [1.54, 1.807) is 22.7 Å². The number of rotatable bonds is 4. The average molecular weight is 306 g/mol. The van der Waals surface area contributed by atoms with Crippen molar-refractivity contribution < 1.29 is 4.79 Å². The molecule has 1 atom stereocenters. The van der Waals surface area contributed by atoms with Crippen molar-refractivity contribution in [1.29, 1.82) is 0 Å². The highest BCUT2D eigenvalue weighted by molar-refractivity contribution is 7.10. The first-order chi connectivity index (χ1) is 9.83. The van der Waals surface area contributed by atoms with Crippen molar-refractivity contribution in [2.75, 3.05) is 13.1 Å². The van der Waals surface area contributed by atoms with Gasteiger partial charge in [-0.05, 0) is 30.7 Å². The van der Waals surface area contributed by atoms with Crippen LogP contribution in [0.2, 0.25) is 0 Å².